The fourth-order valence-corrected chi connectivity index (χ4v) is 4.94. The Kier molecular flexibility index (Phi) is 6.66. The smallest absolute Gasteiger partial charge is 0.436 e. The van der Waals surface area contributed by atoms with E-state index in [1.54, 1.807) is 15.9 Å². The van der Waals surface area contributed by atoms with Crippen molar-refractivity contribution in [3.8, 4) is 6.07 Å². The van der Waals surface area contributed by atoms with Crippen molar-refractivity contribution in [3.05, 3.63) is 29.2 Å². The van der Waals surface area contributed by atoms with Crippen LogP contribution in [0, 0.1) is 11.3 Å². The fourth-order valence-electron chi connectivity index (χ4n) is 4.94. The molecule has 0 spiro atoms. The lowest BCUT2D eigenvalue weighted by Gasteiger charge is -2.45. The average Bonchev–Trinajstić information content (AvgIpc) is 3.09. The summed E-state index contributed by atoms with van der Waals surface area (Å²) in [5.41, 5.74) is -2.23. The molecule has 4 rings (SSSR count). The Hall–Kier alpha value is -3.69. The molecule has 2 atom stereocenters. The number of halogens is 3. The summed E-state index contributed by atoms with van der Waals surface area (Å²) in [7, 11) is 0. The van der Waals surface area contributed by atoms with Crippen molar-refractivity contribution in [1.82, 2.24) is 25.1 Å². The molecule has 204 valence electrons. The molecule has 13 heteroatoms. The summed E-state index contributed by atoms with van der Waals surface area (Å²) in [4.78, 5) is 27.4. The minimum absolute atomic E-state index is 0.0985. The minimum atomic E-state index is -4.79. The van der Waals surface area contributed by atoms with E-state index in [0.717, 1.165) is 11.6 Å². The normalized spacial score (nSPS) is 21.2. The first-order valence-corrected chi connectivity index (χ1v) is 12.3. The van der Waals surface area contributed by atoms with Crippen molar-refractivity contribution in [1.29, 1.82) is 5.26 Å². The number of hydrogen-bond donors (Lipinski definition) is 0. The van der Waals surface area contributed by atoms with E-state index < -0.39 is 28.4 Å². The van der Waals surface area contributed by atoms with E-state index in [1.165, 1.54) is 6.33 Å². The Morgan fingerprint density at radius 2 is 1.76 bits per heavy atom. The molecule has 0 N–H and O–H groups in total. The molecular weight excluding hydrogens is 501 g/mol. The molecule has 1 saturated heterocycles. The summed E-state index contributed by atoms with van der Waals surface area (Å²) < 4.78 is 45.4. The van der Waals surface area contributed by atoms with Crippen molar-refractivity contribution >= 4 is 23.5 Å². The first kappa shape index (κ1) is 27.3. The standard InChI is InChI=1S/C25H31F3N8O2/c1-14-11-35(22(37)38-23(3,4)5)15(2)10-34(14)20-18-21(31-13-30-20)36(12-24(18,6)7)17-8-16(9-29)19(33-32-17)25(26,27)28/h8,13-15H,10-12H2,1-7H3/t14-,15+/m0/s1. The number of ether oxygens (including phenoxy) is 1. The first-order chi connectivity index (χ1) is 17.5. The zero-order valence-electron chi connectivity index (χ0n) is 22.5. The Labute approximate surface area is 219 Å². The molecule has 0 unspecified atom stereocenters. The van der Waals surface area contributed by atoms with Gasteiger partial charge in [-0.05, 0) is 34.6 Å². The van der Waals surface area contributed by atoms with Crippen LogP contribution in [0.3, 0.4) is 0 Å². The zero-order valence-corrected chi connectivity index (χ0v) is 22.5. The number of anilines is 3. The molecule has 1 amide bonds. The second kappa shape index (κ2) is 9.25. The van der Waals surface area contributed by atoms with Gasteiger partial charge in [-0.2, -0.15) is 18.4 Å². The molecule has 0 bridgehead atoms. The summed E-state index contributed by atoms with van der Waals surface area (Å²) in [6.45, 7) is 14.7. The predicted octanol–water partition coefficient (Wildman–Crippen LogP) is 4.42. The van der Waals surface area contributed by atoms with Crippen LogP contribution in [0.5, 0.6) is 0 Å². The van der Waals surface area contributed by atoms with Gasteiger partial charge in [-0.15, -0.1) is 10.2 Å². The minimum Gasteiger partial charge on any atom is -0.444 e. The molecule has 0 radical (unpaired) electrons. The van der Waals surface area contributed by atoms with Gasteiger partial charge in [-0.1, -0.05) is 13.8 Å². The molecule has 0 saturated carbocycles. The molecule has 4 heterocycles. The maximum atomic E-state index is 13.3. The van der Waals surface area contributed by atoms with E-state index in [-0.39, 0.29) is 24.0 Å². The largest absolute Gasteiger partial charge is 0.444 e. The van der Waals surface area contributed by atoms with Crippen molar-refractivity contribution < 1.29 is 22.7 Å². The Morgan fingerprint density at radius 3 is 2.37 bits per heavy atom. The zero-order chi connectivity index (χ0) is 28.2. The maximum absolute atomic E-state index is 13.3. The second-order valence-electron chi connectivity index (χ2n) is 11.4. The molecule has 0 aliphatic carbocycles. The fraction of sp³-hybridized carbons (Fsp3) is 0.600. The third-order valence-corrected chi connectivity index (χ3v) is 6.63. The van der Waals surface area contributed by atoms with E-state index in [0.29, 0.717) is 31.3 Å². The van der Waals surface area contributed by atoms with Gasteiger partial charge >= 0.3 is 12.3 Å². The SMILES string of the molecule is C[C@@H]1CN(c2ncnc3c2C(C)(C)CN3c2cc(C#N)c(C(F)(F)F)nn2)[C@@H](C)CN1C(=O)OC(C)(C)C. The third-order valence-electron chi connectivity index (χ3n) is 6.63. The Balaban J connectivity index is 1.69. The third kappa shape index (κ3) is 5.04. The van der Waals surface area contributed by atoms with Gasteiger partial charge in [-0.3, -0.25) is 0 Å². The lowest BCUT2D eigenvalue weighted by atomic mass is 9.87. The predicted molar refractivity (Wildman–Crippen MR) is 133 cm³/mol. The van der Waals surface area contributed by atoms with Crippen molar-refractivity contribution in [2.75, 3.05) is 29.4 Å². The van der Waals surface area contributed by atoms with Gasteiger partial charge in [0.25, 0.3) is 0 Å². The molecule has 2 aliphatic rings. The van der Waals surface area contributed by atoms with E-state index >= 15 is 0 Å². The first-order valence-electron chi connectivity index (χ1n) is 12.3. The van der Waals surface area contributed by atoms with Crippen LogP contribution in [-0.2, 0) is 16.3 Å². The van der Waals surface area contributed by atoms with E-state index in [4.69, 9.17) is 4.74 Å². The quantitative estimate of drug-likeness (QED) is 0.555. The van der Waals surface area contributed by atoms with Gasteiger partial charge in [0.1, 0.15) is 29.6 Å². The molecule has 38 heavy (non-hydrogen) atoms. The van der Waals surface area contributed by atoms with E-state index in [9.17, 15) is 23.2 Å². The highest BCUT2D eigenvalue weighted by molar-refractivity contribution is 5.74. The van der Waals surface area contributed by atoms with Crippen LogP contribution < -0.4 is 9.80 Å². The summed E-state index contributed by atoms with van der Waals surface area (Å²) in [5, 5.41) is 16.5. The molecule has 2 aromatic heterocycles. The Bertz CT molecular complexity index is 1280. The van der Waals surface area contributed by atoms with Crippen molar-refractivity contribution in [3.63, 3.8) is 0 Å². The monoisotopic (exact) mass is 532 g/mol. The number of piperazine rings is 1. The van der Waals surface area contributed by atoms with Gasteiger partial charge in [0.05, 0.1) is 5.56 Å². The Morgan fingerprint density at radius 1 is 1.11 bits per heavy atom. The summed E-state index contributed by atoms with van der Waals surface area (Å²) in [5.74, 6) is 1.28. The van der Waals surface area contributed by atoms with Gasteiger partial charge in [0.2, 0.25) is 0 Å². The number of aromatic nitrogens is 4. The molecule has 10 nitrogen and oxygen atoms in total. The van der Waals surface area contributed by atoms with Crippen LogP contribution in [0.25, 0.3) is 0 Å². The number of amides is 1. The number of rotatable bonds is 2. The number of fused-ring (bicyclic) bond motifs is 1. The number of hydrogen-bond acceptors (Lipinski definition) is 9. The molecule has 0 aromatic carbocycles. The van der Waals surface area contributed by atoms with Crippen LogP contribution in [0.1, 0.15) is 65.3 Å². The van der Waals surface area contributed by atoms with Crippen LogP contribution in [-0.4, -0.2) is 68.5 Å². The second-order valence-corrected chi connectivity index (χ2v) is 11.4. The van der Waals surface area contributed by atoms with Gasteiger partial charge in [0, 0.05) is 48.8 Å². The number of nitrogens with zero attached hydrogens (tertiary/aromatic N) is 8. The highest BCUT2D eigenvalue weighted by Crippen LogP contribution is 2.47. The number of nitriles is 1. The highest BCUT2D eigenvalue weighted by atomic mass is 19.4. The molecule has 2 aliphatic heterocycles. The molecule has 1 fully saturated rings. The molecule has 2 aromatic rings. The topological polar surface area (TPSA) is 111 Å². The lowest BCUT2D eigenvalue weighted by molar-refractivity contribution is -0.141. The number of carbonyl (C=O) groups excluding carboxylic acids is 1. The van der Waals surface area contributed by atoms with Crippen LogP contribution in [0.4, 0.5) is 35.4 Å². The molecular formula is C25H31F3N8O2. The highest BCUT2D eigenvalue weighted by Gasteiger charge is 2.45. The van der Waals surface area contributed by atoms with Gasteiger partial charge in [0.15, 0.2) is 11.5 Å². The van der Waals surface area contributed by atoms with Gasteiger partial charge in [-0.25, -0.2) is 14.8 Å². The van der Waals surface area contributed by atoms with Crippen molar-refractivity contribution in [2.45, 2.75) is 77.7 Å². The van der Waals surface area contributed by atoms with E-state index in [2.05, 4.69) is 25.1 Å². The van der Waals surface area contributed by atoms with Gasteiger partial charge < -0.3 is 19.4 Å². The number of alkyl halides is 3. The van der Waals surface area contributed by atoms with Crippen molar-refractivity contribution in [2.24, 2.45) is 0 Å². The summed E-state index contributed by atoms with van der Waals surface area (Å²) in [6.07, 6.45) is -3.75. The van der Waals surface area contributed by atoms with Crippen LogP contribution in [0.2, 0.25) is 0 Å². The van der Waals surface area contributed by atoms with E-state index in [1.807, 2.05) is 48.5 Å². The van der Waals surface area contributed by atoms with Crippen LogP contribution >= 0.6 is 0 Å². The summed E-state index contributed by atoms with van der Waals surface area (Å²) >= 11 is 0. The summed E-state index contributed by atoms with van der Waals surface area (Å²) in [6, 6.07) is 2.41. The van der Waals surface area contributed by atoms with Crippen LogP contribution in [0.15, 0.2) is 12.4 Å². The number of carbonyl (C=O) groups is 1. The average molecular weight is 533 g/mol. The maximum Gasteiger partial charge on any atom is 0.436 e. The lowest BCUT2D eigenvalue weighted by Crippen LogP contribution is -2.59.